The first-order valence-corrected chi connectivity index (χ1v) is 8.17. The molecule has 0 radical (unpaired) electrons. The molecule has 108 valence electrons. The van der Waals surface area contributed by atoms with Crippen LogP contribution < -0.4 is 14.8 Å². The van der Waals surface area contributed by atoms with E-state index in [-0.39, 0.29) is 5.75 Å². The second-order valence-electron chi connectivity index (χ2n) is 4.06. The number of ether oxygens (including phenoxy) is 1. The Bertz CT molecular complexity index is 475. The molecule has 0 saturated heterocycles. The van der Waals surface area contributed by atoms with E-state index in [9.17, 15) is 8.42 Å². The molecule has 0 unspecified atom stereocenters. The van der Waals surface area contributed by atoms with Crippen LogP contribution in [0.1, 0.15) is 20.3 Å². The third-order valence-corrected chi connectivity index (χ3v) is 3.83. The second-order valence-corrected chi connectivity index (χ2v) is 5.90. The largest absolute Gasteiger partial charge is 0.492 e. The van der Waals surface area contributed by atoms with E-state index in [1.807, 2.05) is 19.9 Å². The Balaban J connectivity index is 2.62. The predicted molar refractivity (Wildman–Crippen MR) is 78.2 cm³/mol. The van der Waals surface area contributed by atoms with E-state index in [2.05, 4.69) is 10.0 Å². The summed E-state index contributed by atoms with van der Waals surface area (Å²) in [6, 6.07) is 7.04. The lowest BCUT2D eigenvalue weighted by Crippen LogP contribution is -2.22. The standard InChI is InChI=1S/C13H22N2O3S/c1-3-14-10-7-11-19(16,17)15-12-8-5-6-9-13(12)18-4-2/h5-6,8-9,14-15H,3-4,7,10-11H2,1-2H3. The number of hydrogen-bond donors (Lipinski definition) is 2. The fourth-order valence-corrected chi connectivity index (χ4v) is 2.74. The van der Waals surface area contributed by atoms with Gasteiger partial charge in [0.05, 0.1) is 18.0 Å². The topological polar surface area (TPSA) is 67.4 Å². The molecule has 0 aliphatic heterocycles. The van der Waals surface area contributed by atoms with Gasteiger partial charge < -0.3 is 10.1 Å². The van der Waals surface area contributed by atoms with Gasteiger partial charge in [-0.15, -0.1) is 0 Å². The molecule has 5 nitrogen and oxygen atoms in total. The number of benzene rings is 1. The normalized spacial score (nSPS) is 11.3. The zero-order valence-electron chi connectivity index (χ0n) is 11.5. The van der Waals surface area contributed by atoms with Gasteiger partial charge in [-0.05, 0) is 38.6 Å². The van der Waals surface area contributed by atoms with Gasteiger partial charge in [-0.1, -0.05) is 19.1 Å². The van der Waals surface area contributed by atoms with Gasteiger partial charge in [0.1, 0.15) is 5.75 Å². The number of nitrogens with one attached hydrogen (secondary N) is 2. The fourth-order valence-electron chi connectivity index (χ4n) is 1.61. The molecule has 0 bridgehead atoms. The minimum Gasteiger partial charge on any atom is -0.492 e. The molecule has 0 amide bonds. The molecule has 2 N–H and O–H groups in total. The van der Waals surface area contributed by atoms with Crippen LogP contribution in [0.15, 0.2) is 24.3 Å². The molecule has 0 aliphatic carbocycles. The molecular weight excluding hydrogens is 264 g/mol. The molecule has 0 fully saturated rings. The Labute approximate surface area is 115 Å². The van der Waals surface area contributed by atoms with E-state index in [1.54, 1.807) is 18.2 Å². The van der Waals surface area contributed by atoms with Crippen LogP contribution in [-0.4, -0.2) is 33.9 Å². The smallest absolute Gasteiger partial charge is 0.232 e. The van der Waals surface area contributed by atoms with Crippen molar-refractivity contribution in [3.8, 4) is 5.75 Å². The number of para-hydroxylation sites is 2. The minimum atomic E-state index is -3.33. The summed E-state index contributed by atoms with van der Waals surface area (Å²) in [5.74, 6) is 0.653. The summed E-state index contributed by atoms with van der Waals surface area (Å²) in [7, 11) is -3.33. The summed E-state index contributed by atoms with van der Waals surface area (Å²) in [4.78, 5) is 0. The second kappa shape index (κ2) is 8.01. The third kappa shape index (κ3) is 5.94. The molecule has 1 rings (SSSR count). The summed E-state index contributed by atoms with van der Waals surface area (Å²) in [5.41, 5.74) is 0.493. The fraction of sp³-hybridized carbons (Fsp3) is 0.538. The molecule has 19 heavy (non-hydrogen) atoms. The van der Waals surface area contributed by atoms with E-state index >= 15 is 0 Å². The van der Waals surface area contributed by atoms with E-state index in [1.165, 1.54) is 0 Å². The highest BCUT2D eigenvalue weighted by molar-refractivity contribution is 7.92. The molecule has 6 heteroatoms. The maximum atomic E-state index is 11.9. The Morgan fingerprint density at radius 1 is 1.21 bits per heavy atom. The van der Waals surface area contributed by atoms with E-state index in [0.29, 0.717) is 31.0 Å². The summed E-state index contributed by atoms with van der Waals surface area (Å²) in [6.07, 6.45) is 0.583. The van der Waals surface area contributed by atoms with Gasteiger partial charge in [0, 0.05) is 0 Å². The molecular formula is C13H22N2O3S. The lowest BCUT2D eigenvalue weighted by molar-refractivity contribution is 0.342. The third-order valence-electron chi connectivity index (χ3n) is 2.47. The van der Waals surface area contributed by atoms with E-state index in [4.69, 9.17) is 4.74 Å². The average Bonchev–Trinajstić information content (AvgIpc) is 2.37. The molecule has 0 heterocycles. The molecule has 0 spiro atoms. The summed E-state index contributed by atoms with van der Waals surface area (Å²) < 4.78 is 31.8. The van der Waals surface area contributed by atoms with Crippen LogP contribution in [0.4, 0.5) is 5.69 Å². The summed E-state index contributed by atoms with van der Waals surface area (Å²) >= 11 is 0. The van der Waals surface area contributed by atoms with Gasteiger partial charge in [0.2, 0.25) is 10.0 Å². The maximum absolute atomic E-state index is 11.9. The highest BCUT2D eigenvalue weighted by Gasteiger charge is 2.12. The molecule has 1 aromatic carbocycles. The highest BCUT2D eigenvalue weighted by Crippen LogP contribution is 2.24. The van der Waals surface area contributed by atoms with Gasteiger partial charge in [-0.2, -0.15) is 0 Å². The Kier molecular flexibility index (Phi) is 6.66. The van der Waals surface area contributed by atoms with Gasteiger partial charge in [-0.25, -0.2) is 8.42 Å². The first-order chi connectivity index (χ1) is 9.09. The molecule has 0 atom stereocenters. The van der Waals surface area contributed by atoms with Crippen LogP contribution in [-0.2, 0) is 10.0 Å². The maximum Gasteiger partial charge on any atom is 0.232 e. The van der Waals surface area contributed by atoms with Crippen molar-refractivity contribution in [2.45, 2.75) is 20.3 Å². The number of anilines is 1. The summed E-state index contributed by atoms with van der Waals surface area (Å²) in [5, 5.41) is 3.10. The van der Waals surface area contributed by atoms with Crippen LogP contribution in [0.5, 0.6) is 5.75 Å². The van der Waals surface area contributed by atoms with Crippen LogP contribution in [0.25, 0.3) is 0 Å². The van der Waals surface area contributed by atoms with Crippen LogP contribution in [0, 0.1) is 0 Å². The average molecular weight is 286 g/mol. The van der Waals surface area contributed by atoms with Crippen molar-refractivity contribution in [1.82, 2.24) is 5.32 Å². The predicted octanol–water partition coefficient (Wildman–Crippen LogP) is 1.83. The number of sulfonamides is 1. The van der Waals surface area contributed by atoms with Crippen molar-refractivity contribution in [2.24, 2.45) is 0 Å². The first kappa shape index (κ1) is 15.8. The van der Waals surface area contributed by atoms with Crippen molar-refractivity contribution >= 4 is 15.7 Å². The van der Waals surface area contributed by atoms with Crippen molar-refractivity contribution in [3.63, 3.8) is 0 Å². The SMILES string of the molecule is CCNCCCS(=O)(=O)Nc1ccccc1OCC. The van der Waals surface area contributed by atoms with Crippen LogP contribution >= 0.6 is 0 Å². The van der Waals surface area contributed by atoms with Crippen molar-refractivity contribution < 1.29 is 13.2 Å². The summed E-state index contributed by atoms with van der Waals surface area (Å²) in [6.45, 7) is 5.90. The van der Waals surface area contributed by atoms with E-state index < -0.39 is 10.0 Å². The first-order valence-electron chi connectivity index (χ1n) is 6.52. The van der Waals surface area contributed by atoms with E-state index in [0.717, 1.165) is 6.54 Å². The molecule has 0 aromatic heterocycles. The number of rotatable bonds is 9. The molecule has 1 aromatic rings. The van der Waals surface area contributed by atoms with Crippen molar-refractivity contribution in [1.29, 1.82) is 0 Å². The Morgan fingerprint density at radius 2 is 1.95 bits per heavy atom. The molecule has 0 saturated carbocycles. The quantitative estimate of drug-likeness (QED) is 0.680. The van der Waals surface area contributed by atoms with Crippen LogP contribution in [0.3, 0.4) is 0 Å². The highest BCUT2D eigenvalue weighted by atomic mass is 32.2. The monoisotopic (exact) mass is 286 g/mol. The van der Waals surface area contributed by atoms with Gasteiger partial charge in [-0.3, -0.25) is 4.72 Å². The molecule has 0 aliphatic rings. The minimum absolute atomic E-state index is 0.0977. The van der Waals surface area contributed by atoms with Crippen molar-refractivity contribution in [2.75, 3.05) is 30.2 Å². The Hall–Kier alpha value is -1.27. The zero-order chi connectivity index (χ0) is 14.1. The van der Waals surface area contributed by atoms with Gasteiger partial charge in [0.15, 0.2) is 0 Å². The van der Waals surface area contributed by atoms with Gasteiger partial charge >= 0.3 is 0 Å². The van der Waals surface area contributed by atoms with Crippen LogP contribution in [0.2, 0.25) is 0 Å². The zero-order valence-corrected chi connectivity index (χ0v) is 12.3. The van der Waals surface area contributed by atoms with Gasteiger partial charge in [0.25, 0.3) is 0 Å². The number of hydrogen-bond acceptors (Lipinski definition) is 4. The lowest BCUT2D eigenvalue weighted by atomic mass is 10.3. The Morgan fingerprint density at radius 3 is 2.63 bits per heavy atom. The van der Waals surface area contributed by atoms with Crippen molar-refractivity contribution in [3.05, 3.63) is 24.3 Å². The lowest BCUT2D eigenvalue weighted by Gasteiger charge is -2.12.